The van der Waals surface area contributed by atoms with Crippen LogP contribution in [0, 0.1) is 5.92 Å². The number of nitrogens with one attached hydrogen (secondary N) is 1. The van der Waals surface area contributed by atoms with Gasteiger partial charge in [-0.3, -0.25) is 0 Å². The molecular formula is C14H21NO3. The van der Waals surface area contributed by atoms with Crippen molar-refractivity contribution in [2.75, 3.05) is 20.2 Å². The van der Waals surface area contributed by atoms with E-state index in [1.165, 1.54) is 12.7 Å². The molecule has 1 aromatic rings. The highest BCUT2D eigenvalue weighted by molar-refractivity contribution is 5.86. The summed E-state index contributed by atoms with van der Waals surface area (Å²) in [5.41, 5.74) is 1.24. The van der Waals surface area contributed by atoms with Crippen LogP contribution >= 0.6 is 0 Å². The first-order valence-corrected chi connectivity index (χ1v) is 6.17. The molecule has 100 valence electrons. The molecule has 0 radical (unpaired) electrons. The lowest BCUT2D eigenvalue weighted by molar-refractivity contribution is 0.0564. The van der Waals surface area contributed by atoms with Crippen molar-refractivity contribution in [3.8, 4) is 0 Å². The maximum atomic E-state index is 11.3. The van der Waals surface area contributed by atoms with Crippen molar-refractivity contribution in [1.29, 1.82) is 0 Å². The Morgan fingerprint density at radius 2 is 2.22 bits per heavy atom. The molecule has 0 aliphatic heterocycles. The number of likely N-dealkylation sites (N-methyl/N-ethyl adjacent to an activating group) is 1. The number of esters is 1. The molecule has 0 saturated carbocycles. The van der Waals surface area contributed by atoms with Crippen LogP contribution in [0.3, 0.4) is 0 Å². The summed E-state index contributed by atoms with van der Waals surface area (Å²) >= 11 is 0. The number of carbonyl (C=O) groups is 1. The van der Waals surface area contributed by atoms with Crippen molar-refractivity contribution < 1.29 is 13.9 Å². The number of carbonyl (C=O) groups excluding carboxylic acids is 1. The van der Waals surface area contributed by atoms with Gasteiger partial charge in [-0.05, 0) is 30.7 Å². The molecule has 0 atom stereocenters. The van der Waals surface area contributed by atoms with Gasteiger partial charge in [0.15, 0.2) is 0 Å². The Morgan fingerprint density at radius 1 is 1.50 bits per heavy atom. The van der Waals surface area contributed by atoms with Gasteiger partial charge in [0.1, 0.15) is 5.76 Å². The minimum absolute atomic E-state index is 0.232. The molecule has 1 N–H and O–H groups in total. The molecule has 18 heavy (non-hydrogen) atoms. The van der Waals surface area contributed by atoms with E-state index in [9.17, 15) is 4.79 Å². The Kier molecular flexibility index (Phi) is 5.65. The van der Waals surface area contributed by atoms with Crippen LogP contribution < -0.4 is 5.32 Å². The van der Waals surface area contributed by atoms with Crippen LogP contribution in [-0.4, -0.2) is 26.2 Å². The number of rotatable bonds is 6. The second-order valence-corrected chi connectivity index (χ2v) is 4.35. The predicted octanol–water partition coefficient (Wildman–Crippen LogP) is 2.72. The van der Waals surface area contributed by atoms with Crippen LogP contribution in [0.25, 0.3) is 6.08 Å². The van der Waals surface area contributed by atoms with Crippen LogP contribution in [0.2, 0.25) is 0 Å². The van der Waals surface area contributed by atoms with Gasteiger partial charge in [-0.25, -0.2) is 4.79 Å². The van der Waals surface area contributed by atoms with Gasteiger partial charge in [0, 0.05) is 6.54 Å². The van der Waals surface area contributed by atoms with E-state index in [0.717, 1.165) is 13.1 Å². The standard InChI is InChI=1S/C14H21NO3/c1-5-15-9-11(10(2)3)8-12-6-7-13(18-12)14(16)17-4/h6-8,10,15H,5,9H2,1-4H3. The summed E-state index contributed by atoms with van der Waals surface area (Å²) in [6, 6.07) is 3.41. The van der Waals surface area contributed by atoms with Gasteiger partial charge >= 0.3 is 5.97 Å². The quantitative estimate of drug-likeness (QED) is 0.790. The molecule has 4 nitrogen and oxygen atoms in total. The topological polar surface area (TPSA) is 51.5 Å². The largest absolute Gasteiger partial charge is 0.463 e. The summed E-state index contributed by atoms with van der Waals surface area (Å²) in [5, 5.41) is 3.29. The van der Waals surface area contributed by atoms with Crippen molar-refractivity contribution in [1.82, 2.24) is 5.32 Å². The zero-order valence-corrected chi connectivity index (χ0v) is 11.4. The van der Waals surface area contributed by atoms with E-state index >= 15 is 0 Å². The fraction of sp³-hybridized carbons (Fsp3) is 0.500. The number of ether oxygens (including phenoxy) is 1. The van der Waals surface area contributed by atoms with Crippen LogP contribution in [0.4, 0.5) is 0 Å². The van der Waals surface area contributed by atoms with Gasteiger partial charge in [0.05, 0.1) is 7.11 Å². The van der Waals surface area contributed by atoms with E-state index in [1.807, 2.05) is 6.08 Å². The molecule has 1 rings (SSSR count). The normalized spacial score (nSPS) is 11.9. The predicted molar refractivity (Wildman–Crippen MR) is 71.4 cm³/mol. The lowest BCUT2D eigenvalue weighted by atomic mass is 10.0. The Labute approximate surface area is 108 Å². The van der Waals surface area contributed by atoms with Gasteiger partial charge in [-0.15, -0.1) is 0 Å². The fourth-order valence-electron chi connectivity index (χ4n) is 1.51. The van der Waals surface area contributed by atoms with Crippen molar-refractivity contribution in [3.05, 3.63) is 29.2 Å². The lowest BCUT2D eigenvalue weighted by Gasteiger charge is -2.11. The van der Waals surface area contributed by atoms with E-state index in [2.05, 4.69) is 30.8 Å². The third kappa shape index (κ3) is 4.04. The second kappa shape index (κ2) is 7.01. The van der Waals surface area contributed by atoms with Gasteiger partial charge < -0.3 is 14.5 Å². The maximum Gasteiger partial charge on any atom is 0.373 e. The molecule has 4 heteroatoms. The molecule has 0 fully saturated rings. The number of hydrogen-bond acceptors (Lipinski definition) is 4. The summed E-state index contributed by atoms with van der Waals surface area (Å²) in [6.45, 7) is 8.08. The molecule has 0 aromatic carbocycles. The third-order valence-corrected chi connectivity index (χ3v) is 2.66. The molecule has 0 amide bonds. The summed E-state index contributed by atoms with van der Waals surface area (Å²) in [6.07, 6.45) is 1.97. The van der Waals surface area contributed by atoms with Crippen LogP contribution in [0.5, 0.6) is 0 Å². The molecule has 0 spiro atoms. The van der Waals surface area contributed by atoms with Crippen molar-refractivity contribution in [3.63, 3.8) is 0 Å². The van der Waals surface area contributed by atoms with Crippen molar-refractivity contribution in [2.45, 2.75) is 20.8 Å². The average Bonchev–Trinajstić information content (AvgIpc) is 2.81. The van der Waals surface area contributed by atoms with Crippen molar-refractivity contribution in [2.24, 2.45) is 5.92 Å². The summed E-state index contributed by atoms with van der Waals surface area (Å²) < 4.78 is 10.0. The van der Waals surface area contributed by atoms with Crippen LogP contribution in [0.15, 0.2) is 22.1 Å². The highest BCUT2D eigenvalue weighted by Crippen LogP contribution is 2.17. The molecule has 0 saturated heterocycles. The molecule has 0 aliphatic carbocycles. The van der Waals surface area contributed by atoms with Gasteiger partial charge in [0.2, 0.25) is 5.76 Å². The Bertz CT molecular complexity index is 418. The van der Waals surface area contributed by atoms with Gasteiger partial charge in [-0.2, -0.15) is 0 Å². The first-order valence-electron chi connectivity index (χ1n) is 6.17. The number of furan rings is 1. The van der Waals surface area contributed by atoms with Gasteiger partial charge in [-0.1, -0.05) is 26.3 Å². The van der Waals surface area contributed by atoms with Gasteiger partial charge in [0.25, 0.3) is 0 Å². The Balaban J connectivity index is 2.84. The molecule has 0 bridgehead atoms. The van der Waals surface area contributed by atoms with Crippen LogP contribution in [0.1, 0.15) is 37.1 Å². The monoisotopic (exact) mass is 251 g/mol. The summed E-state index contributed by atoms with van der Waals surface area (Å²) in [4.78, 5) is 11.3. The number of hydrogen-bond donors (Lipinski definition) is 1. The van der Waals surface area contributed by atoms with E-state index < -0.39 is 5.97 Å². The highest BCUT2D eigenvalue weighted by atomic mass is 16.5. The van der Waals surface area contributed by atoms with E-state index in [4.69, 9.17) is 4.42 Å². The zero-order valence-electron chi connectivity index (χ0n) is 11.4. The molecule has 0 aliphatic rings. The zero-order chi connectivity index (χ0) is 13.5. The Morgan fingerprint density at radius 3 is 2.78 bits per heavy atom. The third-order valence-electron chi connectivity index (χ3n) is 2.66. The van der Waals surface area contributed by atoms with E-state index in [1.54, 1.807) is 12.1 Å². The molecule has 0 unspecified atom stereocenters. The van der Waals surface area contributed by atoms with Crippen LogP contribution in [-0.2, 0) is 4.74 Å². The summed E-state index contributed by atoms with van der Waals surface area (Å²) in [7, 11) is 1.34. The summed E-state index contributed by atoms with van der Waals surface area (Å²) in [5.74, 6) is 0.885. The van der Waals surface area contributed by atoms with E-state index in [-0.39, 0.29) is 5.76 Å². The molecule has 1 heterocycles. The number of methoxy groups -OCH3 is 1. The first-order chi connectivity index (χ1) is 8.58. The Hall–Kier alpha value is -1.55. The SMILES string of the molecule is CCNCC(=Cc1ccc(C(=O)OC)o1)C(C)C. The van der Waals surface area contributed by atoms with E-state index in [0.29, 0.717) is 11.7 Å². The fourth-order valence-corrected chi connectivity index (χ4v) is 1.51. The smallest absolute Gasteiger partial charge is 0.373 e. The highest BCUT2D eigenvalue weighted by Gasteiger charge is 2.11. The second-order valence-electron chi connectivity index (χ2n) is 4.35. The van der Waals surface area contributed by atoms with Crippen molar-refractivity contribution >= 4 is 12.0 Å². The maximum absolute atomic E-state index is 11.3. The molecule has 1 aromatic heterocycles. The average molecular weight is 251 g/mol. The minimum Gasteiger partial charge on any atom is -0.463 e. The minimum atomic E-state index is -0.451. The first kappa shape index (κ1) is 14.5. The molecular weight excluding hydrogens is 230 g/mol. The lowest BCUT2D eigenvalue weighted by Crippen LogP contribution is -2.18.